The molecule has 0 radical (unpaired) electrons. The van der Waals surface area contributed by atoms with Crippen molar-refractivity contribution in [3.05, 3.63) is 35.2 Å². The van der Waals surface area contributed by atoms with E-state index in [9.17, 15) is 9.59 Å². The lowest BCUT2D eigenvalue weighted by Gasteiger charge is -2.30. The number of hydrogen-bond donors (Lipinski definition) is 0. The summed E-state index contributed by atoms with van der Waals surface area (Å²) >= 11 is 0. The van der Waals surface area contributed by atoms with Crippen molar-refractivity contribution in [3.63, 3.8) is 0 Å². The van der Waals surface area contributed by atoms with Gasteiger partial charge in [0.1, 0.15) is 5.75 Å². The fourth-order valence-corrected chi connectivity index (χ4v) is 5.07. The van der Waals surface area contributed by atoms with Gasteiger partial charge < -0.3 is 19.1 Å². The summed E-state index contributed by atoms with van der Waals surface area (Å²) in [5.74, 6) is 2.89. The zero-order valence-electron chi connectivity index (χ0n) is 21.5. The van der Waals surface area contributed by atoms with Gasteiger partial charge in [0.2, 0.25) is 5.91 Å². The molecule has 0 bridgehead atoms. The number of nitrogens with zero attached hydrogens (tertiary/aromatic N) is 4. The molecule has 1 aromatic carbocycles. The van der Waals surface area contributed by atoms with Gasteiger partial charge in [0, 0.05) is 51.0 Å². The van der Waals surface area contributed by atoms with Crippen LogP contribution in [0.3, 0.4) is 0 Å². The van der Waals surface area contributed by atoms with E-state index in [1.54, 1.807) is 11.9 Å². The lowest BCUT2D eigenvalue weighted by Crippen LogP contribution is -2.34. The van der Waals surface area contributed by atoms with E-state index < -0.39 is 0 Å². The van der Waals surface area contributed by atoms with Crippen LogP contribution in [0.2, 0.25) is 0 Å². The van der Waals surface area contributed by atoms with Gasteiger partial charge in [0.25, 0.3) is 0 Å². The number of likely N-dealkylation sites (tertiary alicyclic amines) is 1. The first-order valence-corrected chi connectivity index (χ1v) is 12.9. The molecule has 2 saturated heterocycles. The van der Waals surface area contributed by atoms with Crippen molar-refractivity contribution >= 4 is 17.7 Å². The monoisotopic (exact) mass is 482 g/mol. The summed E-state index contributed by atoms with van der Waals surface area (Å²) in [6.45, 7) is 9.32. The molecule has 4 rings (SSSR count). The molecule has 35 heavy (non-hydrogen) atoms. The maximum absolute atomic E-state index is 12.7. The number of hydrogen-bond acceptors (Lipinski definition) is 7. The van der Waals surface area contributed by atoms with Gasteiger partial charge in [-0.05, 0) is 68.2 Å². The van der Waals surface area contributed by atoms with E-state index in [-0.39, 0.29) is 23.5 Å². The summed E-state index contributed by atoms with van der Waals surface area (Å²) in [6, 6.07) is 6.36. The van der Waals surface area contributed by atoms with Crippen LogP contribution in [0.1, 0.15) is 80.0 Å². The third-order valence-corrected chi connectivity index (χ3v) is 7.25. The Morgan fingerprint density at radius 2 is 2.00 bits per heavy atom. The number of amides is 1. The highest BCUT2D eigenvalue weighted by Gasteiger charge is 2.29. The van der Waals surface area contributed by atoms with E-state index in [4.69, 9.17) is 9.26 Å². The van der Waals surface area contributed by atoms with E-state index in [0.29, 0.717) is 37.9 Å². The zero-order valence-corrected chi connectivity index (χ0v) is 21.5. The van der Waals surface area contributed by atoms with E-state index in [0.717, 1.165) is 61.5 Å². The number of aromatic nitrogens is 2. The summed E-state index contributed by atoms with van der Waals surface area (Å²) < 4.78 is 11.4. The van der Waals surface area contributed by atoms with Crippen LogP contribution in [0.25, 0.3) is 0 Å². The standard InChI is InChI=1S/C27H38N4O4/c1-18(2)26-28-27(35-29-26)31-11-9-20(10-12-31)6-5-13-34-22-7-8-23(19(3)14-22)24(32)15-21-16-25(33)30(4)17-21/h7-8,14,18,20-21H,5-6,9-13,15-17H2,1-4H3. The predicted octanol–water partition coefficient (Wildman–Crippen LogP) is 4.63. The summed E-state index contributed by atoms with van der Waals surface area (Å²) in [4.78, 5) is 32.9. The fourth-order valence-electron chi connectivity index (χ4n) is 5.07. The number of piperidine rings is 1. The number of carbonyl (C=O) groups is 2. The minimum Gasteiger partial charge on any atom is -0.494 e. The van der Waals surface area contributed by atoms with Crippen molar-refractivity contribution in [2.75, 3.05) is 38.2 Å². The molecular formula is C27H38N4O4. The topological polar surface area (TPSA) is 88.8 Å². The molecule has 8 heteroatoms. The van der Waals surface area contributed by atoms with Gasteiger partial charge >= 0.3 is 6.01 Å². The highest BCUT2D eigenvalue weighted by molar-refractivity contribution is 5.98. The van der Waals surface area contributed by atoms with Crippen LogP contribution in [0.15, 0.2) is 22.7 Å². The van der Waals surface area contributed by atoms with Crippen LogP contribution in [-0.4, -0.2) is 60.0 Å². The molecule has 2 aliphatic heterocycles. The summed E-state index contributed by atoms with van der Waals surface area (Å²) in [7, 11) is 1.80. The van der Waals surface area contributed by atoms with Crippen molar-refractivity contribution in [1.29, 1.82) is 0 Å². The van der Waals surface area contributed by atoms with Gasteiger partial charge in [-0.2, -0.15) is 4.98 Å². The first-order chi connectivity index (χ1) is 16.8. The molecule has 2 aromatic rings. The van der Waals surface area contributed by atoms with Gasteiger partial charge in [0.15, 0.2) is 11.6 Å². The molecule has 8 nitrogen and oxygen atoms in total. The highest BCUT2D eigenvalue weighted by Crippen LogP contribution is 2.27. The van der Waals surface area contributed by atoms with Crippen LogP contribution in [0.4, 0.5) is 6.01 Å². The first kappa shape index (κ1) is 25.2. The zero-order chi connectivity index (χ0) is 24.9. The van der Waals surface area contributed by atoms with E-state index in [1.807, 2.05) is 25.1 Å². The number of benzene rings is 1. The second kappa shape index (κ2) is 11.2. The van der Waals surface area contributed by atoms with Gasteiger partial charge in [-0.15, -0.1) is 0 Å². The van der Waals surface area contributed by atoms with E-state index >= 15 is 0 Å². The summed E-state index contributed by atoms with van der Waals surface area (Å²) in [5.41, 5.74) is 1.66. The maximum Gasteiger partial charge on any atom is 0.324 e. The second-order valence-electron chi connectivity index (χ2n) is 10.5. The Morgan fingerprint density at radius 3 is 2.63 bits per heavy atom. The predicted molar refractivity (Wildman–Crippen MR) is 134 cm³/mol. The number of ketones is 1. The lowest BCUT2D eigenvalue weighted by molar-refractivity contribution is -0.126. The summed E-state index contributed by atoms with van der Waals surface area (Å²) in [5, 5.41) is 4.07. The van der Waals surface area contributed by atoms with Crippen molar-refractivity contribution < 1.29 is 18.8 Å². The second-order valence-corrected chi connectivity index (χ2v) is 10.5. The smallest absolute Gasteiger partial charge is 0.324 e. The number of carbonyl (C=O) groups excluding carboxylic acids is 2. The lowest BCUT2D eigenvalue weighted by atomic mass is 9.92. The summed E-state index contributed by atoms with van der Waals surface area (Å²) in [6.07, 6.45) is 5.28. The highest BCUT2D eigenvalue weighted by atomic mass is 16.5. The van der Waals surface area contributed by atoms with E-state index in [1.165, 1.54) is 0 Å². The van der Waals surface area contributed by atoms with Crippen molar-refractivity contribution in [3.8, 4) is 5.75 Å². The number of ether oxygens (including phenoxy) is 1. The Hall–Kier alpha value is -2.90. The molecule has 1 atom stereocenters. The molecule has 0 saturated carbocycles. The third kappa shape index (κ3) is 6.41. The van der Waals surface area contributed by atoms with Crippen LogP contribution in [-0.2, 0) is 4.79 Å². The van der Waals surface area contributed by atoms with Crippen molar-refractivity contribution in [2.24, 2.45) is 11.8 Å². The van der Waals surface area contributed by atoms with Crippen molar-refractivity contribution in [2.45, 2.75) is 65.2 Å². The SMILES string of the molecule is Cc1cc(OCCCC2CCN(c3nc(C(C)C)no3)CC2)ccc1C(=O)CC1CC(=O)N(C)C1. The maximum atomic E-state index is 12.7. The minimum absolute atomic E-state index is 0.106. The molecule has 1 unspecified atom stereocenters. The van der Waals surface area contributed by atoms with E-state index in [2.05, 4.69) is 28.9 Å². The molecular weight excluding hydrogens is 444 g/mol. The molecule has 0 spiro atoms. The Bertz CT molecular complexity index is 1030. The number of aryl methyl sites for hydroxylation is 1. The van der Waals surface area contributed by atoms with Crippen molar-refractivity contribution in [1.82, 2.24) is 15.0 Å². The molecule has 1 aromatic heterocycles. The van der Waals surface area contributed by atoms with Gasteiger partial charge in [0.05, 0.1) is 6.61 Å². The Balaban J connectivity index is 1.16. The van der Waals surface area contributed by atoms with Gasteiger partial charge in [-0.25, -0.2) is 0 Å². The quantitative estimate of drug-likeness (QED) is 0.360. The molecule has 2 fully saturated rings. The Morgan fingerprint density at radius 1 is 1.23 bits per heavy atom. The molecule has 190 valence electrons. The normalized spacial score (nSPS) is 19.1. The average Bonchev–Trinajstić information content (AvgIpc) is 3.44. The number of Topliss-reactive ketones (excluding diaryl/α,β-unsaturated/α-hetero) is 1. The largest absolute Gasteiger partial charge is 0.494 e. The van der Waals surface area contributed by atoms with Gasteiger partial charge in [-0.1, -0.05) is 19.0 Å². The third-order valence-electron chi connectivity index (χ3n) is 7.25. The van der Waals surface area contributed by atoms with Crippen LogP contribution >= 0.6 is 0 Å². The number of anilines is 1. The molecule has 0 aliphatic carbocycles. The fraction of sp³-hybridized carbons (Fsp3) is 0.630. The van der Waals surface area contributed by atoms with Crippen LogP contribution in [0.5, 0.6) is 5.75 Å². The Labute approximate surface area is 208 Å². The molecule has 1 amide bonds. The minimum atomic E-state index is 0.106. The molecule has 3 heterocycles. The number of rotatable bonds is 10. The van der Waals surface area contributed by atoms with Gasteiger partial charge in [-0.3, -0.25) is 9.59 Å². The van der Waals surface area contributed by atoms with Crippen LogP contribution in [0, 0.1) is 18.8 Å². The molecule has 0 N–H and O–H groups in total. The Kier molecular flexibility index (Phi) is 8.08. The molecule has 2 aliphatic rings. The average molecular weight is 483 g/mol. The first-order valence-electron chi connectivity index (χ1n) is 12.9. The van der Waals surface area contributed by atoms with Crippen LogP contribution < -0.4 is 9.64 Å².